The van der Waals surface area contributed by atoms with Crippen LogP contribution in [0.3, 0.4) is 0 Å². The quantitative estimate of drug-likeness (QED) is 0.336. The molecule has 8 nitrogen and oxygen atoms in total. The third-order valence-electron chi connectivity index (χ3n) is 8.28. The number of rotatable bonds is 7. The van der Waals surface area contributed by atoms with E-state index in [-0.39, 0.29) is 55.1 Å². The number of hydrogen-bond donors (Lipinski definition) is 1. The number of para-hydroxylation sites is 1. The molecule has 2 atom stereocenters. The summed E-state index contributed by atoms with van der Waals surface area (Å²) in [7, 11) is 1.92. The summed E-state index contributed by atoms with van der Waals surface area (Å²) in [5, 5.41) is 10.1. The van der Waals surface area contributed by atoms with Gasteiger partial charge in [0, 0.05) is 36.1 Å². The summed E-state index contributed by atoms with van der Waals surface area (Å²) >= 11 is 0. The molecule has 2 fully saturated rings. The molecular weight excluding hydrogens is 520 g/mol. The summed E-state index contributed by atoms with van der Waals surface area (Å²) < 4.78 is 43.8. The Bertz CT molecular complexity index is 1570. The number of nitrogens with zero attached hydrogens (tertiary/aromatic N) is 3. The molecule has 0 spiro atoms. The van der Waals surface area contributed by atoms with Crippen LogP contribution in [0.5, 0.6) is 0 Å². The van der Waals surface area contributed by atoms with E-state index in [9.17, 15) is 19.1 Å². The first-order chi connectivity index (χ1) is 19.3. The Kier molecular flexibility index (Phi) is 7.04. The minimum absolute atomic E-state index is 0.0186. The normalized spacial score (nSPS) is 23.3. The zero-order chi connectivity index (χ0) is 28.0. The Morgan fingerprint density at radius 2 is 1.93 bits per heavy atom. The smallest absolute Gasteiger partial charge is 0.306 e. The van der Waals surface area contributed by atoms with Gasteiger partial charge in [-0.1, -0.05) is 24.3 Å². The SMILES string of the molecule is Cn1cc(-c2nc3ccc(CC(=O)N4C[C@@H](F)C[C@H]4CO[C@H]4CC[C@H](C(=O)O)CC4)c(F)c3o2)c2ccccc21. The van der Waals surface area contributed by atoms with E-state index in [1.807, 2.05) is 42.1 Å². The molecule has 1 aliphatic carbocycles. The van der Waals surface area contributed by atoms with Gasteiger partial charge in [0.15, 0.2) is 11.4 Å². The van der Waals surface area contributed by atoms with E-state index in [4.69, 9.17) is 9.15 Å². The predicted octanol–water partition coefficient (Wildman–Crippen LogP) is 5.27. The molecule has 2 aliphatic rings. The van der Waals surface area contributed by atoms with Gasteiger partial charge in [-0.15, -0.1) is 0 Å². The Morgan fingerprint density at radius 1 is 1.15 bits per heavy atom. The van der Waals surface area contributed by atoms with Crippen molar-refractivity contribution in [2.75, 3.05) is 13.2 Å². The summed E-state index contributed by atoms with van der Waals surface area (Å²) in [5.41, 5.74) is 2.24. The van der Waals surface area contributed by atoms with Crippen LogP contribution in [0.15, 0.2) is 47.0 Å². The number of aryl methyl sites for hydroxylation is 1. The highest BCUT2D eigenvalue weighted by atomic mass is 19.1. The van der Waals surface area contributed by atoms with E-state index < -0.39 is 24.0 Å². The Hall–Kier alpha value is -3.79. The van der Waals surface area contributed by atoms with Crippen LogP contribution in [0.25, 0.3) is 33.5 Å². The minimum Gasteiger partial charge on any atom is -0.481 e. The van der Waals surface area contributed by atoms with Crippen molar-refractivity contribution in [3.8, 4) is 11.5 Å². The number of aromatic nitrogens is 2. The van der Waals surface area contributed by atoms with Gasteiger partial charge >= 0.3 is 5.97 Å². The van der Waals surface area contributed by atoms with E-state index in [1.165, 1.54) is 11.0 Å². The first-order valence-corrected chi connectivity index (χ1v) is 13.7. The second kappa shape index (κ2) is 10.6. The number of benzene rings is 2. The fourth-order valence-corrected chi connectivity index (χ4v) is 6.08. The van der Waals surface area contributed by atoms with Crippen molar-refractivity contribution in [1.82, 2.24) is 14.5 Å². The molecule has 1 saturated heterocycles. The van der Waals surface area contributed by atoms with Gasteiger partial charge in [-0.05, 0) is 37.8 Å². The molecule has 10 heteroatoms. The number of fused-ring (bicyclic) bond motifs is 2. The van der Waals surface area contributed by atoms with Crippen molar-refractivity contribution in [3.05, 3.63) is 54.0 Å². The molecule has 2 aromatic heterocycles. The largest absolute Gasteiger partial charge is 0.481 e. The van der Waals surface area contributed by atoms with Gasteiger partial charge in [-0.25, -0.2) is 13.8 Å². The van der Waals surface area contributed by atoms with Gasteiger partial charge in [0.1, 0.15) is 11.7 Å². The van der Waals surface area contributed by atoms with Crippen LogP contribution < -0.4 is 0 Å². The second-order valence-electron chi connectivity index (χ2n) is 10.9. The molecule has 0 radical (unpaired) electrons. The molecule has 40 heavy (non-hydrogen) atoms. The van der Waals surface area contributed by atoms with Crippen LogP contribution in [-0.2, 0) is 27.8 Å². The number of carboxylic acids is 1. The van der Waals surface area contributed by atoms with Crippen LogP contribution in [-0.4, -0.2) is 62.9 Å². The van der Waals surface area contributed by atoms with Gasteiger partial charge in [0.25, 0.3) is 0 Å². The molecule has 0 unspecified atom stereocenters. The average molecular weight is 552 g/mol. The number of carboxylic acid groups (broad SMARTS) is 1. The number of carbonyl (C=O) groups excluding carboxylic acids is 1. The number of ether oxygens (including phenoxy) is 1. The summed E-state index contributed by atoms with van der Waals surface area (Å²) in [5.74, 6) is -1.87. The number of carbonyl (C=O) groups is 2. The molecule has 1 saturated carbocycles. The highest BCUT2D eigenvalue weighted by Gasteiger charge is 2.37. The minimum atomic E-state index is -1.18. The van der Waals surface area contributed by atoms with E-state index in [0.717, 1.165) is 16.5 Å². The van der Waals surface area contributed by atoms with Gasteiger partial charge < -0.3 is 23.7 Å². The molecule has 2 aromatic carbocycles. The van der Waals surface area contributed by atoms with Gasteiger partial charge in [-0.3, -0.25) is 9.59 Å². The van der Waals surface area contributed by atoms with E-state index in [2.05, 4.69) is 4.98 Å². The lowest BCUT2D eigenvalue weighted by atomic mass is 9.87. The van der Waals surface area contributed by atoms with Crippen LogP contribution in [0.1, 0.15) is 37.7 Å². The molecule has 6 rings (SSSR count). The lowest BCUT2D eigenvalue weighted by molar-refractivity contribution is -0.144. The zero-order valence-electron chi connectivity index (χ0n) is 22.2. The standard InChI is InChI=1S/C30H31F2N3O5/c1-34-15-23(22-4-2-3-5-25(22)34)29-33-24-11-8-18(27(32)28(24)40-29)12-26(36)35-14-19(31)13-20(35)16-39-21-9-6-17(7-10-21)30(37)38/h2-5,8,11,15,17,19-21H,6-7,9-10,12-14,16H2,1H3,(H,37,38)/t17-,19-,20-,21-/m0/s1. The summed E-state index contributed by atoms with van der Waals surface area (Å²) in [6.45, 7) is 0.114. The molecule has 1 amide bonds. The van der Waals surface area contributed by atoms with Crippen molar-refractivity contribution in [2.45, 2.75) is 56.8 Å². The monoisotopic (exact) mass is 551 g/mol. The maximum atomic E-state index is 15.6. The third-order valence-corrected chi connectivity index (χ3v) is 8.28. The van der Waals surface area contributed by atoms with Crippen molar-refractivity contribution in [1.29, 1.82) is 0 Å². The molecule has 1 N–H and O–H groups in total. The highest BCUT2D eigenvalue weighted by Crippen LogP contribution is 2.34. The van der Waals surface area contributed by atoms with Crippen molar-refractivity contribution >= 4 is 33.9 Å². The summed E-state index contributed by atoms with van der Waals surface area (Å²) in [6.07, 6.45) is 2.87. The topological polar surface area (TPSA) is 97.8 Å². The fraction of sp³-hybridized carbons (Fsp3) is 0.433. The lowest BCUT2D eigenvalue weighted by Crippen LogP contribution is -2.40. The highest BCUT2D eigenvalue weighted by molar-refractivity contribution is 5.95. The number of amides is 1. The summed E-state index contributed by atoms with van der Waals surface area (Å²) in [6, 6.07) is 10.5. The number of aliphatic carboxylic acids is 1. The van der Waals surface area contributed by atoms with Gasteiger partial charge in [0.2, 0.25) is 11.8 Å². The van der Waals surface area contributed by atoms with Crippen LogP contribution in [0.2, 0.25) is 0 Å². The molecule has 210 valence electrons. The van der Waals surface area contributed by atoms with Gasteiger partial charge in [-0.2, -0.15) is 0 Å². The van der Waals surface area contributed by atoms with Crippen LogP contribution in [0, 0.1) is 11.7 Å². The molecule has 0 bridgehead atoms. The van der Waals surface area contributed by atoms with E-state index in [1.54, 1.807) is 6.07 Å². The Morgan fingerprint density at radius 3 is 2.70 bits per heavy atom. The lowest BCUT2D eigenvalue weighted by Gasteiger charge is -2.29. The Labute approximate surface area is 229 Å². The average Bonchev–Trinajstić information content (AvgIpc) is 3.64. The van der Waals surface area contributed by atoms with E-state index >= 15 is 4.39 Å². The van der Waals surface area contributed by atoms with Crippen LogP contribution in [0.4, 0.5) is 8.78 Å². The Balaban J connectivity index is 1.16. The first kappa shape index (κ1) is 26.4. The predicted molar refractivity (Wildman–Crippen MR) is 144 cm³/mol. The van der Waals surface area contributed by atoms with Crippen molar-refractivity contribution in [2.24, 2.45) is 13.0 Å². The van der Waals surface area contributed by atoms with Crippen molar-refractivity contribution in [3.63, 3.8) is 0 Å². The molecule has 3 heterocycles. The number of halogens is 2. The number of alkyl halides is 1. The van der Waals surface area contributed by atoms with Gasteiger partial charge in [0.05, 0.1) is 43.2 Å². The second-order valence-corrected chi connectivity index (χ2v) is 10.9. The number of oxazole rings is 1. The number of hydrogen-bond acceptors (Lipinski definition) is 5. The number of likely N-dealkylation sites (tertiary alicyclic amines) is 1. The molecule has 1 aliphatic heterocycles. The first-order valence-electron chi connectivity index (χ1n) is 13.7. The van der Waals surface area contributed by atoms with Crippen molar-refractivity contribution < 1.29 is 32.6 Å². The fourth-order valence-electron chi connectivity index (χ4n) is 6.08. The van der Waals surface area contributed by atoms with E-state index in [0.29, 0.717) is 37.1 Å². The maximum absolute atomic E-state index is 15.6. The maximum Gasteiger partial charge on any atom is 0.306 e. The molecular formula is C30H31F2N3O5. The summed E-state index contributed by atoms with van der Waals surface area (Å²) in [4.78, 5) is 30.3. The van der Waals surface area contributed by atoms with Crippen LogP contribution >= 0.6 is 0 Å². The molecule has 4 aromatic rings. The third kappa shape index (κ3) is 4.96. The zero-order valence-corrected chi connectivity index (χ0v) is 22.2.